The summed E-state index contributed by atoms with van der Waals surface area (Å²) in [5.74, 6) is -1.25. The second-order valence-electron chi connectivity index (χ2n) is 17.0. The van der Waals surface area contributed by atoms with E-state index in [1.165, 1.54) is 29.5 Å². The van der Waals surface area contributed by atoms with Crippen LogP contribution in [0.3, 0.4) is 0 Å². The Bertz CT molecular complexity index is 2570. The minimum atomic E-state index is -1.11. The van der Waals surface area contributed by atoms with Crippen LogP contribution in [0.15, 0.2) is 48.7 Å². The molecule has 0 spiro atoms. The fourth-order valence-electron chi connectivity index (χ4n) is 8.05. The number of piperidine rings is 1. The molecule has 7 amide bonds. The van der Waals surface area contributed by atoms with Gasteiger partial charge in [0.15, 0.2) is 11.7 Å². The van der Waals surface area contributed by atoms with E-state index in [0.29, 0.717) is 120 Å². The third-order valence-corrected chi connectivity index (χ3v) is 12.6. The van der Waals surface area contributed by atoms with Gasteiger partial charge < -0.3 is 45.1 Å². The smallest absolute Gasteiger partial charge is 0.267 e. The van der Waals surface area contributed by atoms with Gasteiger partial charge >= 0.3 is 0 Å². The number of ether oxygens (including phenoxy) is 4. The molecule has 2 fully saturated rings. The number of aryl methyl sites for hydroxylation is 3. The number of thiazole rings is 1. The molecule has 1 atom stereocenters. The summed E-state index contributed by atoms with van der Waals surface area (Å²) in [6.45, 7) is 11.7. The van der Waals surface area contributed by atoms with Crippen LogP contribution in [-0.4, -0.2) is 164 Å². The second kappa shape index (κ2) is 25.3. The average molecular weight is 998 g/mol. The van der Waals surface area contributed by atoms with Crippen molar-refractivity contribution in [3.8, 4) is 5.75 Å². The lowest BCUT2D eigenvalue weighted by Crippen LogP contribution is -2.54. The third kappa shape index (κ3) is 14.3. The van der Waals surface area contributed by atoms with Gasteiger partial charge in [-0.2, -0.15) is 0 Å². The van der Waals surface area contributed by atoms with E-state index in [1.54, 1.807) is 6.20 Å². The van der Waals surface area contributed by atoms with Crippen LogP contribution < -0.4 is 36.2 Å². The van der Waals surface area contributed by atoms with Crippen LogP contribution in [-0.2, 0) is 33.4 Å². The van der Waals surface area contributed by atoms with Crippen molar-refractivity contribution in [1.82, 2.24) is 40.7 Å². The fraction of sp³-hybridized carbons (Fsp3) is 0.458. The molecule has 1 unspecified atom stereocenters. The van der Waals surface area contributed by atoms with Crippen molar-refractivity contribution in [2.75, 3.05) is 108 Å². The van der Waals surface area contributed by atoms with E-state index in [9.17, 15) is 33.6 Å². The molecule has 0 bridgehead atoms. The quantitative estimate of drug-likeness (QED) is 0.0472. The van der Waals surface area contributed by atoms with Crippen LogP contribution >= 0.6 is 11.3 Å². The van der Waals surface area contributed by atoms with Crippen LogP contribution in [0.4, 0.5) is 22.5 Å². The van der Waals surface area contributed by atoms with E-state index in [1.807, 2.05) is 45.0 Å². The van der Waals surface area contributed by atoms with Crippen molar-refractivity contribution in [2.45, 2.75) is 52.5 Å². The van der Waals surface area contributed by atoms with Crippen LogP contribution in [0, 0.1) is 20.8 Å². The summed E-state index contributed by atoms with van der Waals surface area (Å²) >= 11 is 1.24. The highest BCUT2D eigenvalue weighted by Crippen LogP contribution is 2.34. The number of anilines is 4. The zero-order valence-corrected chi connectivity index (χ0v) is 40.8. The molecule has 23 heteroatoms. The average Bonchev–Trinajstić information content (AvgIpc) is 3.92. The van der Waals surface area contributed by atoms with E-state index in [-0.39, 0.29) is 41.5 Å². The van der Waals surface area contributed by atoms with Crippen molar-refractivity contribution in [3.63, 3.8) is 0 Å². The molecule has 5 N–H and O–H groups in total. The van der Waals surface area contributed by atoms with E-state index in [2.05, 4.69) is 51.3 Å². The first kappa shape index (κ1) is 51.9. The highest BCUT2D eigenvalue weighted by atomic mass is 32.1. The lowest BCUT2D eigenvalue weighted by molar-refractivity contribution is -0.136. The molecule has 5 heterocycles. The molecule has 2 aromatic heterocycles. The van der Waals surface area contributed by atoms with Gasteiger partial charge in [-0.1, -0.05) is 35.6 Å². The summed E-state index contributed by atoms with van der Waals surface area (Å²) < 4.78 is 22.4. The zero-order chi connectivity index (χ0) is 50.3. The van der Waals surface area contributed by atoms with E-state index in [0.717, 1.165) is 27.5 Å². The molecule has 378 valence electrons. The number of carbonyl (C=O) groups excluding carboxylic acids is 7. The van der Waals surface area contributed by atoms with Gasteiger partial charge in [-0.3, -0.25) is 48.7 Å². The molecule has 3 aliphatic rings. The largest absolute Gasteiger partial charge is 0.483 e. The summed E-state index contributed by atoms with van der Waals surface area (Å²) in [4.78, 5) is 107. The van der Waals surface area contributed by atoms with Crippen molar-refractivity contribution in [2.24, 2.45) is 0 Å². The number of imide groups is 2. The number of benzene rings is 2. The Balaban J connectivity index is 0.671. The first-order chi connectivity index (χ1) is 34.3. The van der Waals surface area contributed by atoms with Gasteiger partial charge in [0.1, 0.15) is 34.1 Å². The van der Waals surface area contributed by atoms with Gasteiger partial charge in [-0.15, -0.1) is 0 Å². The fourth-order valence-corrected chi connectivity index (χ4v) is 8.77. The maximum atomic E-state index is 13.2. The topological polar surface area (TPSA) is 265 Å². The number of nitrogens with one attached hydrogen (secondary N) is 5. The molecule has 0 saturated carbocycles. The van der Waals surface area contributed by atoms with Crippen LogP contribution in [0.1, 0.15) is 73.0 Å². The number of carbonyl (C=O) groups is 7. The number of para-hydroxylation sites is 1. The van der Waals surface area contributed by atoms with Gasteiger partial charge in [0, 0.05) is 70.7 Å². The predicted octanol–water partition coefficient (Wildman–Crippen LogP) is 2.52. The Kier molecular flexibility index (Phi) is 18.5. The number of fused-ring (bicyclic) bond motifs is 1. The van der Waals surface area contributed by atoms with Crippen LogP contribution in [0.2, 0.25) is 0 Å². The normalized spacial score (nSPS) is 15.9. The van der Waals surface area contributed by atoms with Gasteiger partial charge in [0.2, 0.25) is 17.7 Å². The van der Waals surface area contributed by atoms with Crippen molar-refractivity contribution in [3.05, 3.63) is 81.6 Å². The highest BCUT2D eigenvalue weighted by Gasteiger charge is 2.46. The molecule has 3 aliphatic heterocycles. The van der Waals surface area contributed by atoms with Gasteiger partial charge in [0.25, 0.3) is 23.6 Å². The number of amides is 7. The minimum absolute atomic E-state index is 0.00634. The molecular formula is C48H59N11O11S. The molecule has 22 nitrogen and oxygen atoms in total. The molecule has 0 aliphatic carbocycles. The Morgan fingerprint density at radius 3 is 2.15 bits per heavy atom. The number of hydrogen-bond acceptors (Lipinski definition) is 18. The van der Waals surface area contributed by atoms with Crippen molar-refractivity contribution >= 4 is 75.1 Å². The Morgan fingerprint density at radius 2 is 1.46 bits per heavy atom. The van der Waals surface area contributed by atoms with Crippen LogP contribution in [0.5, 0.6) is 5.75 Å². The first-order valence-corrected chi connectivity index (χ1v) is 24.3. The molecule has 71 heavy (non-hydrogen) atoms. The second-order valence-corrected chi connectivity index (χ2v) is 18.0. The number of piperazine rings is 1. The molecule has 2 aromatic carbocycles. The third-order valence-electron chi connectivity index (χ3n) is 11.7. The zero-order valence-electron chi connectivity index (χ0n) is 40.0. The van der Waals surface area contributed by atoms with Crippen LogP contribution in [0.25, 0.3) is 0 Å². The van der Waals surface area contributed by atoms with Gasteiger partial charge in [-0.25, -0.2) is 15.0 Å². The summed E-state index contributed by atoms with van der Waals surface area (Å²) in [5.41, 5.74) is 2.81. The standard InChI is InChI=1S/C48H59N11O11S/c1-30-8-4-9-31(2)43(30)56-45(64)36-27-51-48(71-36)54-37-26-38(53-32(3)52-37)58-18-16-57(17-19-58)28-40(61)49-14-6-20-67-22-24-69-25-23-68-21-7-15-50-41(62)29-70-35-11-5-10-33-42(35)47(66)59(46(33)65)34-12-13-39(60)55-44(34)63/h4-5,8-11,26-27,34H,6-7,12-25,28-29H2,1-3H3,(H,49,61)(H,50,62)(H,56,64)(H,55,60,63)(H,51,52,53,54). The number of aromatic nitrogens is 3. The molecule has 7 rings (SSSR count). The predicted molar refractivity (Wildman–Crippen MR) is 261 cm³/mol. The lowest BCUT2D eigenvalue weighted by atomic mass is 10.0. The van der Waals surface area contributed by atoms with E-state index >= 15 is 0 Å². The molecule has 4 aromatic rings. The number of nitrogens with zero attached hydrogens (tertiary/aromatic N) is 6. The lowest BCUT2D eigenvalue weighted by Gasteiger charge is -2.35. The van der Waals surface area contributed by atoms with Crippen molar-refractivity contribution < 1.29 is 52.5 Å². The minimum Gasteiger partial charge on any atom is -0.483 e. The first-order valence-electron chi connectivity index (χ1n) is 23.5. The van der Waals surface area contributed by atoms with Crippen molar-refractivity contribution in [1.29, 1.82) is 0 Å². The SMILES string of the molecule is Cc1nc(Nc2ncc(C(=O)Nc3c(C)cccc3C)s2)cc(N2CCN(CC(=O)NCCCOCCOCCOCCCNC(=O)COc3cccc4c3C(=O)N(C3CCC(=O)NC3=O)C4=O)CC2)n1. The molecule has 0 radical (unpaired) electrons. The molecular weight excluding hydrogens is 939 g/mol. The van der Waals surface area contributed by atoms with E-state index in [4.69, 9.17) is 18.9 Å². The summed E-state index contributed by atoms with van der Waals surface area (Å²) in [6.07, 6.45) is 2.79. The van der Waals surface area contributed by atoms with Gasteiger partial charge in [-0.05, 0) is 63.3 Å². The number of hydrogen-bond donors (Lipinski definition) is 5. The maximum Gasteiger partial charge on any atom is 0.267 e. The van der Waals surface area contributed by atoms with Gasteiger partial charge in [0.05, 0.1) is 50.3 Å². The Hall–Kier alpha value is -6.92. The van der Waals surface area contributed by atoms with E-state index < -0.39 is 42.2 Å². The Morgan fingerprint density at radius 1 is 0.803 bits per heavy atom. The maximum absolute atomic E-state index is 13.2. The highest BCUT2D eigenvalue weighted by molar-refractivity contribution is 7.17. The number of rotatable bonds is 25. The monoisotopic (exact) mass is 997 g/mol. The summed E-state index contributed by atoms with van der Waals surface area (Å²) in [5, 5.41) is 14.6. The summed E-state index contributed by atoms with van der Waals surface area (Å²) in [7, 11) is 0. The summed E-state index contributed by atoms with van der Waals surface area (Å²) in [6, 6.07) is 11.1. The Labute approximate surface area is 414 Å². The molecule has 2 saturated heterocycles.